The molecule has 3 N–H and O–H groups in total. The largest absolute Gasteiger partial charge is 0.394 e. The van der Waals surface area contributed by atoms with Crippen LogP contribution in [-0.4, -0.2) is 34.8 Å². The molecule has 0 saturated heterocycles. The lowest BCUT2D eigenvalue weighted by molar-refractivity contribution is 0.270. The smallest absolute Gasteiger partial charge is 0.129 e. The second-order valence-corrected chi connectivity index (χ2v) is 4.30. The summed E-state index contributed by atoms with van der Waals surface area (Å²) in [5.41, 5.74) is 7.26. The quantitative estimate of drug-likeness (QED) is 0.762. The van der Waals surface area contributed by atoms with Gasteiger partial charge in [0.15, 0.2) is 0 Å². The Hall–Kier alpha value is -1.20. The summed E-state index contributed by atoms with van der Waals surface area (Å²) in [6.07, 6.45) is 0. The summed E-state index contributed by atoms with van der Waals surface area (Å²) in [5, 5.41) is 9.09. The molecule has 1 unspecified atom stereocenters. The minimum Gasteiger partial charge on any atom is -0.394 e. The minimum atomic E-state index is 0.00787. The van der Waals surface area contributed by atoms with Gasteiger partial charge in [-0.1, -0.05) is 12.2 Å². The molecule has 1 rings (SSSR count). The molecular formula is C11H17N3OS. The third-order valence-corrected chi connectivity index (χ3v) is 2.75. The van der Waals surface area contributed by atoms with Gasteiger partial charge in [-0.2, -0.15) is 0 Å². The van der Waals surface area contributed by atoms with Crippen LogP contribution in [0.2, 0.25) is 0 Å². The average Bonchev–Trinajstić information content (AvgIpc) is 2.26. The predicted octanol–water partition coefficient (Wildman–Crippen LogP) is 0.841. The highest BCUT2D eigenvalue weighted by Gasteiger charge is 2.11. The van der Waals surface area contributed by atoms with Crippen molar-refractivity contribution in [3.05, 3.63) is 23.4 Å². The van der Waals surface area contributed by atoms with Crippen molar-refractivity contribution in [2.75, 3.05) is 18.6 Å². The number of pyridine rings is 1. The van der Waals surface area contributed by atoms with Crippen molar-refractivity contribution in [1.82, 2.24) is 4.98 Å². The molecule has 0 saturated carbocycles. The van der Waals surface area contributed by atoms with Crippen LogP contribution in [0.15, 0.2) is 12.1 Å². The lowest BCUT2D eigenvalue weighted by Crippen LogP contribution is -2.32. The molecule has 0 radical (unpaired) electrons. The van der Waals surface area contributed by atoms with Gasteiger partial charge in [-0.15, -0.1) is 0 Å². The van der Waals surface area contributed by atoms with Gasteiger partial charge in [0, 0.05) is 18.3 Å². The number of nitrogens with zero attached hydrogens (tertiary/aromatic N) is 2. The predicted molar refractivity (Wildman–Crippen MR) is 69.8 cm³/mol. The van der Waals surface area contributed by atoms with E-state index >= 15 is 0 Å². The molecule has 16 heavy (non-hydrogen) atoms. The molecule has 0 amide bonds. The molecule has 0 fully saturated rings. The van der Waals surface area contributed by atoms with Gasteiger partial charge in [-0.3, -0.25) is 0 Å². The Morgan fingerprint density at radius 1 is 1.62 bits per heavy atom. The van der Waals surface area contributed by atoms with E-state index in [-0.39, 0.29) is 12.6 Å². The van der Waals surface area contributed by atoms with E-state index in [1.54, 1.807) is 0 Å². The number of anilines is 1. The third-order valence-electron chi connectivity index (χ3n) is 2.51. The van der Waals surface area contributed by atoms with Gasteiger partial charge in [0.2, 0.25) is 0 Å². The number of aliphatic hydroxyl groups excluding tert-OH is 1. The molecular weight excluding hydrogens is 222 g/mol. The fourth-order valence-electron chi connectivity index (χ4n) is 1.32. The maximum absolute atomic E-state index is 9.09. The van der Waals surface area contributed by atoms with Gasteiger partial charge in [0.1, 0.15) is 10.8 Å². The van der Waals surface area contributed by atoms with Crippen LogP contribution in [0, 0.1) is 6.92 Å². The second-order valence-electron chi connectivity index (χ2n) is 3.86. The Balaban J connectivity index is 3.09. The van der Waals surface area contributed by atoms with E-state index in [1.807, 2.05) is 37.9 Å². The first-order valence-electron chi connectivity index (χ1n) is 5.08. The van der Waals surface area contributed by atoms with Crippen LogP contribution in [0.5, 0.6) is 0 Å². The third kappa shape index (κ3) is 2.90. The fourth-order valence-corrected chi connectivity index (χ4v) is 1.44. The van der Waals surface area contributed by atoms with Crippen LogP contribution in [0.3, 0.4) is 0 Å². The van der Waals surface area contributed by atoms with Gasteiger partial charge >= 0.3 is 0 Å². The van der Waals surface area contributed by atoms with E-state index in [4.69, 9.17) is 23.1 Å². The van der Waals surface area contributed by atoms with E-state index < -0.39 is 0 Å². The number of aliphatic hydroxyl groups is 1. The van der Waals surface area contributed by atoms with Crippen molar-refractivity contribution in [3.63, 3.8) is 0 Å². The number of nitrogens with two attached hydrogens (primary N) is 1. The zero-order valence-electron chi connectivity index (χ0n) is 9.77. The number of aromatic nitrogens is 1. The Bertz CT molecular complexity index is 395. The number of thiocarbonyl (C=S) groups is 1. The Kier molecular flexibility index (Phi) is 4.20. The van der Waals surface area contributed by atoms with Crippen LogP contribution in [-0.2, 0) is 0 Å². The van der Waals surface area contributed by atoms with Gasteiger partial charge < -0.3 is 15.7 Å². The van der Waals surface area contributed by atoms with E-state index in [2.05, 4.69) is 4.98 Å². The molecule has 1 atom stereocenters. The lowest BCUT2D eigenvalue weighted by Gasteiger charge is -2.25. The highest BCUT2D eigenvalue weighted by Crippen LogP contribution is 2.15. The van der Waals surface area contributed by atoms with E-state index in [9.17, 15) is 0 Å². The van der Waals surface area contributed by atoms with Crippen molar-refractivity contribution in [3.8, 4) is 0 Å². The molecule has 0 aromatic carbocycles. The second kappa shape index (κ2) is 5.23. The first kappa shape index (κ1) is 12.9. The summed E-state index contributed by atoms with van der Waals surface area (Å²) in [6.45, 7) is 3.89. The molecule has 0 spiro atoms. The topological polar surface area (TPSA) is 62.4 Å². The van der Waals surface area contributed by atoms with Crippen LogP contribution in [0.4, 0.5) is 5.82 Å². The molecule has 0 bridgehead atoms. The molecule has 88 valence electrons. The van der Waals surface area contributed by atoms with Gasteiger partial charge in [0.05, 0.1) is 12.6 Å². The molecule has 5 heteroatoms. The summed E-state index contributed by atoms with van der Waals surface area (Å²) >= 11 is 4.94. The molecule has 1 aromatic rings. The highest BCUT2D eigenvalue weighted by atomic mass is 32.1. The summed E-state index contributed by atoms with van der Waals surface area (Å²) in [7, 11) is 1.88. The van der Waals surface area contributed by atoms with Crippen LogP contribution in [0.1, 0.15) is 18.2 Å². The molecule has 0 aliphatic heterocycles. The Morgan fingerprint density at radius 2 is 2.25 bits per heavy atom. The first-order valence-corrected chi connectivity index (χ1v) is 5.48. The molecule has 1 aromatic heterocycles. The van der Waals surface area contributed by atoms with E-state index in [0.717, 1.165) is 17.1 Å². The van der Waals surface area contributed by atoms with Gasteiger partial charge in [-0.05, 0) is 26.0 Å². The summed E-state index contributed by atoms with van der Waals surface area (Å²) in [5.74, 6) is 0.768. The maximum Gasteiger partial charge on any atom is 0.129 e. The SMILES string of the molecule is Cc1cc(C(N)=S)cc(N(C)C(C)CO)n1. The summed E-state index contributed by atoms with van der Waals surface area (Å²) < 4.78 is 0. The van der Waals surface area contributed by atoms with E-state index in [0.29, 0.717) is 4.99 Å². The fraction of sp³-hybridized carbons (Fsp3) is 0.455. The number of hydrogen-bond donors (Lipinski definition) is 2. The number of rotatable bonds is 4. The monoisotopic (exact) mass is 239 g/mol. The minimum absolute atomic E-state index is 0.00787. The van der Waals surface area contributed by atoms with Crippen LogP contribution < -0.4 is 10.6 Å². The molecule has 1 heterocycles. The summed E-state index contributed by atoms with van der Waals surface area (Å²) in [4.78, 5) is 6.64. The zero-order chi connectivity index (χ0) is 12.3. The van der Waals surface area contributed by atoms with Crippen molar-refractivity contribution >= 4 is 23.0 Å². The van der Waals surface area contributed by atoms with Crippen molar-refractivity contribution in [2.45, 2.75) is 19.9 Å². The van der Waals surface area contributed by atoms with Crippen LogP contribution >= 0.6 is 12.2 Å². The van der Waals surface area contributed by atoms with Crippen molar-refractivity contribution < 1.29 is 5.11 Å². The lowest BCUT2D eigenvalue weighted by atomic mass is 10.2. The number of likely N-dealkylation sites (N-methyl/N-ethyl adjacent to an activating group) is 1. The molecule has 0 aliphatic carbocycles. The number of aryl methyl sites for hydroxylation is 1. The maximum atomic E-state index is 9.09. The first-order chi connectivity index (χ1) is 7.45. The molecule has 0 aliphatic rings. The highest BCUT2D eigenvalue weighted by molar-refractivity contribution is 7.80. The standard InChI is InChI=1S/C11H17N3OS/c1-7-4-9(11(12)16)5-10(13-7)14(3)8(2)6-15/h4-5,8,15H,6H2,1-3H3,(H2,12,16). The normalized spacial score (nSPS) is 12.2. The van der Waals surface area contributed by atoms with Crippen molar-refractivity contribution in [1.29, 1.82) is 0 Å². The van der Waals surface area contributed by atoms with Crippen molar-refractivity contribution in [2.24, 2.45) is 5.73 Å². The number of hydrogen-bond acceptors (Lipinski definition) is 4. The average molecular weight is 239 g/mol. The Morgan fingerprint density at radius 3 is 2.75 bits per heavy atom. The van der Waals surface area contributed by atoms with Crippen LogP contribution in [0.25, 0.3) is 0 Å². The molecule has 4 nitrogen and oxygen atoms in total. The van der Waals surface area contributed by atoms with E-state index in [1.165, 1.54) is 0 Å². The Labute approximate surface area is 101 Å². The summed E-state index contributed by atoms with van der Waals surface area (Å²) in [6, 6.07) is 3.69. The van der Waals surface area contributed by atoms with Gasteiger partial charge in [0.25, 0.3) is 0 Å². The zero-order valence-corrected chi connectivity index (χ0v) is 10.6. The van der Waals surface area contributed by atoms with Gasteiger partial charge in [-0.25, -0.2) is 4.98 Å².